The van der Waals surface area contributed by atoms with Gasteiger partial charge in [-0.25, -0.2) is 0 Å². The molecule has 18 heavy (non-hydrogen) atoms. The van der Waals surface area contributed by atoms with Gasteiger partial charge in [-0.15, -0.1) is 0 Å². The number of nitrogens with one attached hydrogen (secondary N) is 2. The van der Waals surface area contributed by atoms with E-state index < -0.39 is 0 Å². The second-order valence-electron chi connectivity index (χ2n) is 3.73. The third-order valence-electron chi connectivity index (χ3n) is 2.47. The number of aryl methyl sites for hydroxylation is 1. The van der Waals surface area contributed by atoms with Gasteiger partial charge in [0, 0.05) is 13.2 Å². The zero-order valence-electron chi connectivity index (χ0n) is 9.85. The maximum Gasteiger partial charge on any atom is 0.171 e. The zero-order chi connectivity index (χ0) is 13.0. The van der Waals surface area contributed by atoms with Crippen molar-refractivity contribution in [3.8, 4) is 0 Å². The zero-order valence-corrected chi connectivity index (χ0v) is 11.4. The molecule has 1 aromatic heterocycles. The SMILES string of the molecule is Cn1nccc1CNC(=S)Nc1ccccc1Cl. The lowest BCUT2D eigenvalue weighted by molar-refractivity contribution is 0.695. The summed E-state index contributed by atoms with van der Waals surface area (Å²) in [5.41, 5.74) is 1.85. The van der Waals surface area contributed by atoms with Gasteiger partial charge >= 0.3 is 0 Å². The lowest BCUT2D eigenvalue weighted by atomic mass is 10.3. The Morgan fingerprint density at radius 2 is 2.17 bits per heavy atom. The van der Waals surface area contributed by atoms with Crippen molar-refractivity contribution in [3.05, 3.63) is 47.2 Å². The third kappa shape index (κ3) is 3.21. The predicted molar refractivity (Wildman–Crippen MR) is 77.7 cm³/mol. The molecule has 2 N–H and O–H groups in total. The number of para-hydroxylation sites is 1. The first-order valence-corrected chi connectivity index (χ1v) is 6.21. The number of rotatable bonds is 3. The van der Waals surface area contributed by atoms with E-state index in [9.17, 15) is 0 Å². The molecule has 0 aliphatic heterocycles. The lowest BCUT2D eigenvalue weighted by Gasteiger charge is -2.11. The largest absolute Gasteiger partial charge is 0.357 e. The molecule has 94 valence electrons. The van der Waals surface area contributed by atoms with Crippen LogP contribution in [-0.4, -0.2) is 14.9 Å². The smallest absolute Gasteiger partial charge is 0.171 e. The minimum atomic E-state index is 0.532. The topological polar surface area (TPSA) is 41.9 Å². The van der Waals surface area contributed by atoms with Gasteiger partial charge in [-0.05, 0) is 30.4 Å². The molecule has 2 aromatic rings. The van der Waals surface area contributed by atoms with Crippen molar-refractivity contribution in [2.45, 2.75) is 6.54 Å². The van der Waals surface area contributed by atoms with Crippen LogP contribution in [0.5, 0.6) is 0 Å². The number of nitrogens with zero attached hydrogens (tertiary/aromatic N) is 2. The van der Waals surface area contributed by atoms with Crippen molar-refractivity contribution in [1.82, 2.24) is 15.1 Å². The molecule has 0 spiro atoms. The Kier molecular flexibility index (Phi) is 4.17. The van der Waals surface area contributed by atoms with Gasteiger partial charge in [0.2, 0.25) is 0 Å². The van der Waals surface area contributed by atoms with Crippen LogP contribution in [-0.2, 0) is 13.6 Å². The summed E-state index contributed by atoms with van der Waals surface area (Å²) in [6.07, 6.45) is 1.75. The van der Waals surface area contributed by atoms with E-state index in [-0.39, 0.29) is 0 Å². The maximum absolute atomic E-state index is 6.03. The molecule has 1 heterocycles. The predicted octanol–water partition coefficient (Wildman–Crippen LogP) is 2.56. The molecular formula is C12H13ClN4S. The van der Waals surface area contributed by atoms with E-state index >= 15 is 0 Å². The molecule has 0 bridgehead atoms. The molecule has 0 aliphatic carbocycles. The quantitative estimate of drug-likeness (QED) is 0.848. The summed E-state index contributed by atoms with van der Waals surface area (Å²) in [4.78, 5) is 0. The molecule has 0 amide bonds. The minimum Gasteiger partial charge on any atom is -0.357 e. The summed E-state index contributed by atoms with van der Waals surface area (Å²) in [7, 11) is 1.89. The van der Waals surface area contributed by atoms with Crippen molar-refractivity contribution in [2.24, 2.45) is 7.05 Å². The highest BCUT2D eigenvalue weighted by atomic mass is 35.5. The van der Waals surface area contributed by atoms with Crippen LogP contribution in [0, 0.1) is 0 Å². The Balaban J connectivity index is 1.90. The van der Waals surface area contributed by atoms with Crippen molar-refractivity contribution in [1.29, 1.82) is 0 Å². The first kappa shape index (κ1) is 12.9. The van der Waals surface area contributed by atoms with Crippen molar-refractivity contribution in [2.75, 3.05) is 5.32 Å². The van der Waals surface area contributed by atoms with Gasteiger partial charge in [0.25, 0.3) is 0 Å². The van der Waals surface area contributed by atoms with E-state index in [1.54, 1.807) is 10.9 Å². The molecule has 1 aromatic carbocycles. The van der Waals surface area contributed by atoms with Crippen LogP contribution >= 0.6 is 23.8 Å². The molecule has 2 rings (SSSR count). The van der Waals surface area contributed by atoms with Gasteiger partial charge in [0.1, 0.15) is 0 Å². The Morgan fingerprint density at radius 3 is 2.83 bits per heavy atom. The summed E-state index contributed by atoms with van der Waals surface area (Å²) in [6, 6.07) is 9.40. The molecule has 0 fully saturated rings. The first-order valence-electron chi connectivity index (χ1n) is 5.43. The molecule has 0 aliphatic rings. The number of thiocarbonyl (C=S) groups is 1. The van der Waals surface area contributed by atoms with E-state index in [2.05, 4.69) is 15.7 Å². The van der Waals surface area contributed by atoms with Gasteiger partial charge in [-0.3, -0.25) is 4.68 Å². The lowest BCUT2D eigenvalue weighted by Crippen LogP contribution is -2.28. The van der Waals surface area contributed by atoms with Gasteiger partial charge in [0.15, 0.2) is 5.11 Å². The standard InChI is InChI=1S/C12H13ClN4S/c1-17-9(6-7-15-17)8-14-12(18)16-11-5-3-2-4-10(11)13/h2-7H,8H2,1H3,(H2,14,16,18). The molecule has 0 saturated carbocycles. The van der Waals surface area contributed by atoms with Crippen LogP contribution < -0.4 is 10.6 Å². The van der Waals surface area contributed by atoms with Gasteiger partial charge in [0.05, 0.1) is 22.9 Å². The fraction of sp³-hybridized carbons (Fsp3) is 0.167. The highest BCUT2D eigenvalue weighted by Gasteiger charge is 2.03. The van der Waals surface area contributed by atoms with E-state index in [1.165, 1.54) is 0 Å². The first-order chi connectivity index (χ1) is 8.66. The average molecular weight is 281 g/mol. The Hall–Kier alpha value is -1.59. The number of hydrogen-bond acceptors (Lipinski definition) is 2. The molecule has 4 nitrogen and oxygen atoms in total. The Labute approximate surface area is 116 Å². The van der Waals surface area contributed by atoms with Crippen molar-refractivity contribution >= 4 is 34.6 Å². The number of benzene rings is 1. The summed E-state index contributed by atoms with van der Waals surface area (Å²) in [5, 5.41) is 11.4. The van der Waals surface area contributed by atoms with Crippen LogP contribution in [0.15, 0.2) is 36.5 Å². The van der Waals surface area contributed by atoms with E-state index in [4.69, 9.17) is 23.8 Å². The monoisotopic (exact) mass is 280 g/mol. The van der Waals surface area contributed by atoms with Crippen LogP contribution in [0.25, 0.3) is 0 Å². The molecule has 0 radical (unpaired) electrons. The average Bonchev–Trinajstić information content (AvgIpc) is 2.75. The van der Waals surface area contributed by atoms with Crippen molar-refractivity contribution in [3.63, 3.8) is 0 Å². The van der Waals surface area contributed by atoms with Gasteiger partial charge < -0.3 is 10.6 Å². The fourth-order valence-corrected chi connectivity index (χ4v) is 1.84. The van der Waals surface area contributed by atoms with E-state index in [0.29, 0.717) is 16.7 Å². The minimum absolute atomic E-state index is 0.532. The Bertz CT molecular complexity index is 553. The van der Waals surface area contributed by atoms with Gasteiger partial charge in [-0.1, -0.05) is 23.7 Å². The number of halogens is 1. The van der Waals surface area contributed by atoms with Gasteiger partial charge in [-0.2, -0.15) is 5.10 Å². The normalized spacial score (nSPS) is 10.1. The third-order valence-corrected chi connectivity index (χ3v) is 3.05. The fourth-order valence-electron chi connectivity index (χ4n) is 1.47. The number of hydrogen-bond donors (Lipinski definition) is 2. The highest BCUT2D eigenvalue weighted by molar-refractivity contribution is 7.80. The molecule has 0 saturated heterocycles. The van der Waals surface area contributed by atoms with E-state index in [0.717, 1.165) is 11.4 Å². The Morgan fingerprint density at radius 1 is 1.39 bits per heavy atom. The van der Waals surface area contributed by atoms with Crippen molar-refractivity contribution < 1.29 is 0 Å². The second kappa shape index (κ2) is 5.84. The molecule has 0 unspecified atom stereocenters. The molecular weight excluding hydrogens is 268 g/mol. The summed E-state index contributed by atoms with van der Waals surface area (Å²) < 4.78 is 1.80. The van der Waals surface area contributed by atoms with Crippen LogP contribution in [0.3, 0.4) is 0 Å². The summed E-state index contributed by atoms with van der Waals surface area (Å²) in [6.45, 7) is 0.618. The second-order valence-corrected chi connectivity index (χ2v) is 4.55. The van der Waals surface area contributed by atoms with Crippen LogP contribution in [0.4, 0.5) is 5.69 Å². The van der Waals surface area contributed by atoms with Crippen LogP contribution in [0.2, 0.25) is 5.02 Å². The number of anilines is 1. The molecule has 0 atom stereocenters. The maximum atomic E-state index is 6.03. The highest BCUT2D eigenvalue weighted by Crippen LogP contribution is 2.20. The number of aromatic nitrogens is 2. The summed E-state index contributed by atoms with van der Waals surface area (Å²) >= 11 is 11.2. The molecule has 6 heteroatoms. The van der Waals surface area contributed by atoms with E-state index in [1.807, 2.05) is 37.4 Å². The summed E-state index contributed by atoms with van der Waals surface area (Å²) in [5.74, 6) is 0. The van der Waals surface area contributed by atoms with Crippen LogP contribution in [0.1, 0.15) is 5.69 Å².